The summed E-state index contributed by atoms with van der Waals surface area (Å²) in [4.78, 5) is 35.9. The Bertz CT molecular complexity index is 342. The number of nitrogens with zero attached hydrogens (tertiary/aromatic N) is 1. The maximum atomic E-state index is 11.6. The van der Waals surface area contributed by atoms with Crippen LogP contribution in [-0.4, -0.2) is 48.9 Å². The fourth-order valence-electron chi connectivity index (χ4n) is 2.26. The lowest BCUT2D eigenvalue weighted by molar-refractivity contribution is -0.156. The maximum Gasteiger partial charge on any atom is 0.310 e. The van der Waals surface area contributed by atoms with Gasteiger partial charge in [0.1, 0.15) is 6.04 Å². The number of hydrogen-bond donors (Lipinski definition) is 1. The summed E-state index contributed by atoms with van der Waals surface area (Å²) in [5.74, 6) is -0.852. The standard InChI is InChI=1S/C10H14N2O4/c1-16-10(15)6-2-3-7-9(14)11-4-8(13)12(7)5-6/h6-7H,2-5H2,1H3,(H,11,14)/t6-,7-/m1/s1. The molecule has 2 fully saturated rings. The molecular formula is C10H14N2O4. The minimum Gasteiger partial charge on any atom is -0.469 e. The van der Waals surface area contributed by atoms with E-state index in [0.29, 0.717) is 19.4 Å². The molecule has 6 heteroatoms. The molecule has 2 saturated heterocycles. The number of piperidine rings is 1. The molecule has 88 valence electrons. The van der Waals surface area contributed by atoms with Gasteiger partial charge < -0.3 is 15.0 Å². The van der Waals surface area contributed by atoms with Gasteiger partial charge in [0.15, 0.2) is 0 Å². The molecule has 2 atom stereocenters. The lowest BCUT2D eigenvalue weighted by atomic mass is 9.91. The number of piperazine rings is 1. The zero-order valence-corrected chi connectivity index (χ0v) is 9.06. The van der Waals surface area contributed by atoms with E-state index in [-0.39, 0.29) is 30.2 Å². The van der Waals surface area contributed by atoms with Crippen LogP contribution in [0.2, 0.25) is 0 Å². The van der Waals surface area contributed by atoms with Crippen LogP contribution in [-0.2, 0) is 19.1 Å². The van der Waals surface area contributed by atoms with Gasteiger partial charge in [0.2, 0.25) is 11.8 Å². The van der Waals surface area contributed by atoms with Gasteiger partial charge in [-0.1, -0.05) is 0 Å². The molecule has 0 radical (unpaired) electrons. The number of ether oxygens (including phenoxy) is 1. The maximum absolute atomic E-state index is 11.6. The van der Waals surface area contributed by atoms with Crippen molar-refractivity contribution in [3.8, 4) is 0 Å². The third kappa shape index (κ3) is 1.75. The molecule has 2 rings (SSSR count). The number of fused-ring (bicyclic) bond motifs is 1. The van der Waals surface area contributed by atoms with Crippen LogP contribution in [0, 0.1) is 5.92 Å². The molecule has 0 unspecified atom stereocenters. The Labute approximate surface area is 92.9 Å². The Morgan fingerprint density at radius 2 is 2.19 bits per heavy atom. The average Bonchev–Trinajstić information content (AvgIpc) is 2.32. The van der Waals surface area contributed by atoms with Gasteiger partial charge in [0.05, 0.1) is 19.6 Å². The fraction of sp³-hybridized carbons (Fsp3) is 0.700. The lowest BCUT2D eigenvalue weighted by Gasteiger charge is -2.40. The molecule has 6 nitrogen and oxygen atoms in total. The smallest absolute Gasteiger partial charge is 0.310 e. The van der Waals surface area contributed by atoms with Crippen LogP contribution in [0.1, 0.15) is 12.8 Å². The molecule has 16 heavy (non-hydrogen) atoms. The van der Waals surface area contributed by atoms with E-state index in [1.165, 1.54) is 12.0 Å². The molecule has 0 aromatic rings. The van der Waals surface area contributed by atoms with Crippen molar-refractivity contribution in [3.05, 3.63) is 0 Å². The third-order valence-corrected chi connectivity index (χ3v) is 3.15. The van der Waals surface area contributed by atoms with Crippen LogP contribution in [0.5, 0.6) is 0 Å². The van der Waals surface area contributed by atoms with Crippen molar-refractivity contribution in [1.29, 1.82) is 0 Å². The number of rotatable bonds is 1. The molecule has 0 saturated carbocycles. The third-order valence-electron chi connectivity index (χ3n) is 3.15. The minimum atomic E-state index is -0.401. The molecule has 0 spiro atoms. The van der Waals surface area contributed by atoms with Crippen molar-refractivity contribution in [1.82, 2.24) is 10.2 Å². The molecule has 0 aromatic carbocycles. The largest absolute Gasteiger partial charge is 0.469 e. The highest BCUT2D eigenvalue weighted by atomic mass is 16.5. The predicted molar refractivity (Wildman–Crippen MR) is 53.3 cm³/mol. The second kappa shape index (κ2) is 4.11. The first-order valence-electron chi connectivity index (χ1n) is 5.28. The van der Waals surface area contributed by atoms with Gasteiger partial charge in [0.25, 0.3) is 0 Å². The van der Waals surface area contributed by atoms with Gasteiger partial charge in [-0.3, -0.25) is 14.4 Å². The Morgan fingerprint density at radius 1 is 1.44 bits per heavy atom. The van der Waals surface area contributed by atoms with Crippen LogP contribution in [0.4, 0.5) is 0 Å². The van der Waals surface area contributed by atoms with E-state index < -0.39 is 6.04 Å². The summed E-state index contributed by atoms with van der Waals surface area (Å²) in [5.41, 5.74) is 0. The normalized spacial score (nSPS) is 29.4. The predicted octanol–water partition coefficient (Wildman–Crippen LogP) is -1.10. The van der Waals surface area contributed by atoms with Crippen LogP contribution in [0.25, 0.3) is 0 Å². The fourth-order valence-corrected chi connectivity index (χ4v) is 2.26. The van der Waals surface area contributed by atoms with Crippen molar-refractivity contribution >= 4 is 17.8 Å². The summed E-state index contributed by atoms with van der Waals surface area (Å²) in [6, 6.07) is -0.401. The zero-order valence-electron chi connectivity index (χ0n) is 9.06. The highest BCUT2D eigenvalue weighted by molar-refractivity contribution is 5.95. The Balaban J connectivity index is 2.09. The van der Waals surface area contributed by atoms with Crippen molar-refractivity contribution in [2.45, 2.75) is 18.9 Å². The van der Waals surface area contributed by atoms with Crippen molar-refractivity contribution < 1.29 is 19.1 Å². The van der Waals surface area contributed by atoms with E-state index in [9.17, 15) is 14.4 Å². The van der Waals surface area contributed by atoms with Crippen LogP contribution < -0.4 is 5.32 Å². The first kappa shape index (κ1) is 10.9. The van der Waals surface area contributed by atoms with Crippen molar-refractivity contribution in [3.63, 3.8) is 0 Å². The van der Waals surface area contributed by atoms with Gasteiger partial charge in [-0.15, -0.1) is 0 Å². The highest BCUT2D eigenvalue weighted by Gasteiger charge is 2.41. The van der Waals surface area contributed by atoms with E-state index >= 15 is 0 Å². The summed E-state index contributed by atoms with van der Waals surface area (Å²) in [6.45, 7) is 0.326. The topological polar surface area (TPSA) is 75.7 Å². The van der Waals surface area contributed by atoms with E-state index in [1.54, 1.807) is 0 Å². The molecule has 0 aliphatic carbocycles. The van der Waals surface area contributed by atoms with Gasteiger partial charge in [-0.05, 0) is 12.8 Å². The Hall–Kier alpha value is -1.59. The van der Waals surface area contributed by atoms with Gasteiger partial charge in [-0.25, -0.2) is 0 Å². The van der Waals surface area contributed by atoms with Gasteiger partial charge in [0, 0.05) is 6.54 Å². The second-order valence-corrected chi connectivity index (χ2v) is 4.08. The van der Waals surface area contributed by atoms with Crippen LogP contribution in [0.15, 0.2) is 0 Å². The molecule has 0 bridgehead atoms. The first-order chi connectivity index (χ1) is 7.63. The highest BCUT2D eigenvalue weighted by Crippen LogP contribution is 2.24. The van der Waals surface area contributed by atoms with Gasteiger partial charge >= 0.3 is 5.97 Å². The molecule has 2 aliphatic heterocycles. The molecule has 1 N–H and O–H groups in total. The summed E-state index contributed by atoms with van der Waals surface area (Å²) in [7, 11) is 1.33. The van der Waals surface area contributed by atoms with E-state index in [0.717, 1.165) is 0 Å². The minimum absolute atomic E-state index is 0.0310. The number of esters is 1. The number of carbonyl (C=O) groups is 3. The number of nitrogens with one attached hydrogen (secondary N) is 1. The summed E-state index contributed by atoms with van der Waals surface area (Å²) in [5, 5.41) is 2.54. The van der Waals surface area contributed by atoms with E-state index in [4.69, 9.17) is 0 Å². The summed E-state index contributed by atoms with van der Waals surface area (Å²) in [6.07, 6.45) is 1.12. The lowest BCUT2D eigenvalue weighted by Crippen LogP contribution is -2.61. The molecular weight excluding hydrogens is 212 g/mol. The average molecular weight is 226 g/mol. The monoisotopic (exact) mass is 226 g/mol. The SMILES string of the molecule is COC(=O)[C@@H]1CC[C@@H]2C(=O)NCC(=O)N2C1. The second-order valence-electron chi connectivity index (χ2n) is 4.08. The summed E-state index contributed by atoms with van der Waals surface area (Å²) < 4.78 is 4.65. The Morgan fingerprint density at radius 3 is 2.88 bits per heavy atom. The summed E-state index contributed by atoms with van der Waals surface area (Å²) >= 11 is 0. The molecule has 2 amide bonds. The van der Waals surface area contributed by atoms with Gasteiger partial charge in [-0.2, -0.15) is 0 Å². The number of hydrogen-bond acceptors (Lipinski definition) is 4. The number of carbonyl (C=O) groups excluding carboxylic acids is 3. The number of methoxy groups -OCH3 is 1. The first-order valence-corrected chi connectivity index (χ1v) is 5.28. The zero-order chi connectivity index (χ0) is 11.7. The molecule has 0 aromatic heterocycles. The molecule has 2 heterocycles. The molecule has 2 aliphatic rings. The quantitative estimate of drug-likeness (QED) is 0.576. The Kier molecular flexibility index (Phi) is 2.80. The van der Waals surface area contributed by atoms with Crippen molar-refractivity contribution in [2.24, 2.45) is 5.92 Å². The number of amides is 2. The van der Waals surface area contributed by atoms with Crippen molar-refractivity contribution in [2.75, 3.05) is 20.2 Å². The van der Waals surface area contributed by atoms with Crippen LogP contribution >= 0.6 is 0 Å². The van der Waals surface area contributed by atoms with E-state index in [1.807, 2.05) is 0 Å². The van der Waals surface area contributed by atoms with E-state index in [2.05, 4.69) is 10.1 Å². The van der Waals surface area contributed by atoms with Crippen LogP contribution in [0.3, 0.4) is 0 Å².